The van der Waals surface area contributed by atoms with Crippen molar-refractivity contribution in [2.75, 3.05) is 6.61 Å². The van der Waals surface area contributed by atoms with Gasteiger partial charge in [0.15, 0.2) is 0 Å². The third-order valence-electron chi connectivity index (χ3n) is 2.67. The Balaban J connectivity index is 1.61. The molecule has 0 aliphatic carbocycles. The average molecular weight is 343 g/mol. The van der Waals surface area contributed by atoms with E-state index >= 15 is 0 Å². The molecule has 0 N–H and O–H groups in total. The Kier molecular flexibility index (Phi) is 6.61. The molecule has 0 spiro atoms. The van der Waals surface area contributed by atoms with E-state index in [-0.39, 0.29) is 20.9 Å². The van der Waals surface area contributed by atoms with Crippen molar-refractivity contribution in [3.8, 4) is 10.7 Å². The fourth-order valence-electron chi connectivity index (χ4n) is 1.62. The summed E-state index contributed by atoms with van der Waals surface area (Å²) in [5, 5.41) is 0. The fourth-order valence-corrected chi connectivity index (χ4v) is 2.85. The van der Waals surface area contributed by atoms with E-state index in [9.17, 15) is 4.79 Å². The number of carbonyl (C=O) groups excluding carboxylic acids is 1. The summed E-state index contributed by atoms with van der Waals surface area (Å²) in [5.74, 6) is 2.87. The Morgan fingerprint density at radius 1 is 1.00 bits per heavy atom. The summed E-state index contributed by atoms with van der Waals surface area (Å²) in [6.07, 6.45) is 1.53. The zero-order chi connectivity index (χ0) is 14.8. The van der Waals surface area contributed by atoms with Crippen molar-refractivity contribution >= 4 is 25.4 Å². The topological polar surface area (TPSA) is 26.3 Å². The van der Waals surface area contributed by atoms with Gasteiger partial charge in [0, 0.05) is 0 Å². The van der Waals surface area contributed by atoms with Crippen molar-refractivity contribution in [1.29, 1.82) is 0 Å². The van der Waals surface area contributed by atoms with E-state index in [4.69, 9.17) is 4.74 Å². The molecule has 0 radical (unpaired) electrons. The number of carbonyl (C=O) groups is 1. The summed E-state index contributed by atoms with van der Waals surface area (Å²) in [4.78, 5) is 14.9. The van der Waals surface area contributed by atoms with Gasteiger partial charge in [-0.25, -0.2) is 0 Å². The molecule has 106 valence electrons. The fraction of sp³-hybridized carbons (Fsp3) is 0.167. The number of hydrogen-bond acceptors (Lipinski definition) is 2. The van der Waals surface area contributed by atoms with Gasteiger partial charge >= 0.3 is 131 Å². The number of rotatable bonds is 5. The van der Waals surface area contributed by atoms with E-state index in [1.165, 1.54) is 4.46 Å². The molecule has 0 fully saturated rings. The Hall–Kier alpha value is -2.01. The first-order valence-electron chi connectivity index (χ1n) is 6.78. The molecule has 0 unspecified atom stereocenters. The molecule has 2 aromatic carbocycles. The van der Waals surface area contributed by atoms with Gasteiger partial charge in [-0.15, -0.1) is 0 Å². The molecular formula is C18H16O2Se. The van der Waals surface area contributed by atoms with E-state index in [2.05, 4.69) is 22.9 Å². The van der Waals surface area contributed by atoms with Crippen molar-refractivity contribution in [2.24, 2.45) is 0 Å². The van der Waals surface area contributed by atoms with Crippen molar-refractivity contribution in [3.63, 3.8) is 0 Å². The second kappa shape index (κ2) is 9.02. The van der Waals surface area contributed by atoms with Crippen LogP contribution in [0.25, 0.3) is 0 Å². The maximum atomic E-state index is 11.7. The molecule has 0 aliphatic heterocycles. The van der Waals surface area contributed by atoms with Crippen molar-refractivity contribution in [2.45, 2.75) is 12.8 Å². The van der Waals surface area contributed by atoms with Crippen LogP contribution >= 0.6 is 0 Å². The van der Waals surface area contributed by atoms with Crippen LogP contribution in [0.4, 0.5) is 0 Å². The van der Waals surface area contributed by atoms with Gasteiger partial charge in [-0.2, -0.15) is 0 Å². The van der Waals surface area contributed by atoms with Crippen molar-refractivity contribution in [1.82, 2.24) is 0 Å². The van der Waals surface area contributed by atoms with Crippen LogP contribution in [0, 0.1) is 10.7 Å². The first-order valence-corrected chi connectivity index (χ1v) is 8.49. The Morgan fingerprint density at radius 3 is 2.38 bits per heavy atom. The first kappa shape index (κ1) is 15.4. The molecule has 0 saturated heterocycles. The van der Waals surface area contributed by atoms with Crippen LogP contribution in [0.5, 0.6) is 0 Å². The Labute approximate surface area is 131 Å². The standard InChI is InChI=1S/C18H16O2Se/c19-18(16-10-4-1-5-11-16)20-14-8-3-9-15-21-17-12-6-2-7-13-17/h1-2,4-7,10-13H,3,8,14H2. The normalized spacial score (nSPS) is 9.52. The monoisotopic (exact) mass is 344 g/mol. The number of benzene rings is 2. The Bertz CT molecular complexity index is 612. The zero-order valence-electron chi connectivity index (χ0n) is 11.6. The molecule has 0 aliphatic rings. The second-order valence-corrected chi connectivity index (χ2v) is 6.15. The molecule has 2 aromatic rings. The molecule has 2 rings (SSSR count). The van der Waals surface area contributed by atoms with Crippen LogP contribution in [0.3, 0.4) is 0 Å². The maximum absolute atomic E-state index is 11.7. The summed E-state index contributed by atoms with van der Waals surface area (Å²) in [7, 11) is 0. The van der Waals surface area contributed by atoms with Crippen LogP contribution in [0.1, 0.15) is 23.2 Å². The van der Waals surface area contributed by atoms with Crippen molar-refractivity contribution < 1.29 is 9.53 Å². The van der Waals surface area contributed by atoms with Crippen molar-refractivity contribution in [3.05, 3.63) is 66.2 Å². The summed E-state index contributed by atoms with van der Waals surface area (Å²) < 4.78 is 6.48. The average Bonchev–Trinajstić information content (AvgIpc) is 2.55. The molecular weight excluding hydrogens is 327 g/mol. The summed E-state index contributed by atoms with van der Waals surface area (Å²) in [5.41, 5.74) is 0.594. The van der Waals surface area contributed by atoms with Gasteiger partial charge in [0.25, 0.3) is 0 Å². The molecule has 2 nitrogen and oxygen atoms in total. The summed E-state index contributed by atoms with van der Waals surface area (Å²) in [6.45, 7) is 0.417. The predicted molar refractivity (Wildman–Crippen MR) is 85.6 cm³/mol. The first-order chi connectivity index (χ1) is 10.4. The van der Waals surface area contributed by atoms with Gasteiger partial charge < -0.3 is 0 Å². The number of esters is 1. The van der Waals surface area contributed by atoms with E-state index in [0.29, 0.717) is 12.2 Å². The van der Waals surface area contributed by atoms with Gasteiger partial charge in [0.2, 0.25) is 0 Å². The van der Waals surface area contributed by atoms with Crippen LogP contribution in [0.15, 0.2) is 60.7 Å². The Morgan fingerprint density at radius 2 is 1.67 bits per heavy atom. The minimum atomic E-state index is -0.267. The van der Waals surface area contributed by atoms with E-state index in [1.807, 2.05) is 36.4 Å². The summed E-state index contributed by atoms with van der Waals surface area (Å²) >= 11 is 0.210. The van der Waals surface area contributed by atoms with E-state index < -0.39 is 0 Å². The molecule has 0 atom stereocenters. The van der Waals surface area contributed by atoms with Gasteiger partial charge in [0.1, 0.15) is 0 Å². The minimum absolute atomic E-state index is 0.210. The molecule has 0 aromatic heterocycles. The number of unbranched alkanes of at least 4 members (excludes halogenated alkanes) is 1. The summed E-state index contributed by atoms with van der Waals surface area (Å²) in [6, 6.07) is 19.3. The van der Waals surface area contributed by atoms with Crippen LogP contribution in [-0.4, -0.2) is 27.5 Å². The van der Waals surface area contributed by atoms with Crippen LogP contribution in [-0.2, 0) is 4.74 Å². The molecule has 0 bridgehead atoms. The van der Waals surface area contributed by atoms with Gasteiger partial charge in [-0.05, 0) is 0 Å². The zero-order valence-corrected chi connectivity index (χ0v) is 13.3. The molecule has 3 heteroatoms. The van der Waals surface area contributed by atoms with Gasteiger partial charge in [-0.1, -0.05) is 0 Å². The molecule has 0 amide bonds. The van der Waals surface area contributed by atoms with Gasteiger partial charge in [0.05, 0.1) is 0 Å². The van der Waals surface area contributed by atoms with Crippen LogP contribution in [0.2, 0.25) is 0 Å². The predicted octanol–water partition coefficient (Wildman–Crippen LogP) is 2.61. The SMILES string of the molecule is O=C(OCCCC#C[Se]c1ccccc1)c1ccccc1. The third kappa shape index (κ3) is 5.87. The number of hydrogen-bond donors (Lipinski definition) is 0. The molecule has 0 heterocycles. The van der Waals surface area contributed by atoms with Crippen LogP contribution < -0.4 is 4.46 Å². The third-order valence-corrected chi connectivity index (χ3v) is 4.26. The molecule has 0 saturated carbocycles. The van der Waals surface area contributed by atoms with E-state index in [0.717, 1.165) is 12.8 Å². The quantitative estimate of drug-likeness (QED) is 0.361. The number of ether oxygens (including phenoxy) is 1. The second-order valence-electron chi connectivity index (χ2n) is 4.30. The van der Waals surface area contributed by atoms with E-state index in [1.54, 1.807) is 12.1 Å². The van der Waals surface area contributed by atoms with Gasteiger partial charge in [-0.3, -0.25) is 0 Å². The molecule has 21 heavy (non-hydrogen) atoms.